The van der Waals surface area contributed by atoms with Crippen molar-refractivity contribution in [3.05, 3.63) is 35.4 Å². The largest absolute Gasteiger partial charge is 0.355 e. The van der Waals surface area contributed by atoms with Gasteiger partial charge < -0.3 is 16.0 Å². The second-order valence-electron chi connectivity index (χ2n) is 4.39. The Kier molecular flexibility index (Phi) is 3.94. The SMILES string of the molecule is CNC(=O)c1cccc(C(=O)NCC2CNC2)c1. The molecule has 0 bridgehead atoms. The van der Waals surface area contributed by atoms with Gasteiger partial charge in [0.2, 0.25) is 0 Å². The Morgan fingerprint density at radius 2 is 1.94 bits per heavy atom. The van der Waals surface area contributed by atoms with Gasteiger partial charge in [0.1, 0.15) is 0 Å². The van der Waals surface area contributed by atoms with E-state index in [9.17, 15) is 9.59 Å². The lowest BCUT2D eigenvalue weighted by molar-refractivity contribution is 0.0942. The van der Waals surface area contributed by atoms with E-state index in [2.05, 4.69) is 16.0 Å². The number of carbonyl (C=O) groups is 2. The third kappa shape index (κ3) is 2.87. The summed E-state index contributed by atoms with van der Waals surface area (Å²) >= 11 is 0. The first kappa shape index (κ1) is 12.6. The van der Waals surface area contributed by atoms with E-state index in [-0.39, 0.29) is 11.8 Å². The van der Waals surface area contributed by atoms with Crippen molar-refractivity contribution in [2.24, 2.45) is 5.92 Å². The van der Waals surface area contributed by atoms with Gasteiger partial charge in [0.25, 0.3) is 11.8 Å². The van der Waals surface area contributed by atoms with E-state index in [1.807, 2.05) is 0 Å². The Balaban J connectivity index is 1.98. The van der Waals surface area contributed by atoms with Gasteiger partial charge in [-0.2, -0.15) is 0 Å². The molecule has 0 radical (unpaired) electrons. The minimum Gasteiger partial charge on any atom is -0.355 e. The van der Waals surface area contributed by atoms with E-state index in [1.165, 1.54) is 0 Å². The van der Waals surface area contributed by atoms with Gasteiger partial charge in [0.05, 0.1) is 0 Å². The van der Waals surface area contributed by atoms with Crippen molar-refractivity contribution in [2.45, 2.75) is 0 Å². The molecule has 1 aliphatic rings. The first-order chi connectivity index (χ1) is 8.70. The highest BCUT2D eigenvalue weighted by Gasteiger charge is 2.17. The lowest BCUT2D eigenvalue weighted by atomic mass is 10.0. The highest BCUT2D eigenvalue weighted by molar-refractivity contribution is 5.99. The molecule has 18 heavy (non-hydrogen) atoms. The highest BCUT2D eigenvalue weighted by Crippen LogP contribution is 2.06. The van der Waals surface area contributed by atoms with Gasteiger partial charge in [0, 0.05) is 43.7 Å². The van der Waals surface area contributed by atoms with Crippen LogP contribution in [-0.2, 0) is 0 Å². The third-order valence-corrected chi connectivity index (χ3v) is 3.03. The molecule has 2 rings (SSSR count). The zero-order chi connectivity index (χ0) is 13.0. The van der Waals surface area contributed by atoms with Crippen LogP contribution in [0.15, 0.2) is 24.3 Å². The summed E-state index contributed by atoms with van der Waals surface area (Å²) in [7, 11) is 1.57. The summed E-state index contributed by atoms with van der Waals surface area (Å²) in [4.78, 5) is 23.3. The summed E-state index contributed by atoms with van der Waals surface area (Å²) in [5.41, 5.74) is 1.01. The molecule has 1 aromatic carbocycles. The van der Waals surface area contributed by atoms with Crippen LogP contribution < -0.4 is 16.0 Å². The molecular weight excluding hydrogens is 230 g/mol. The molecule has 0 atom stereocenters. The number of rotatable bonds is 4. The Hall–Kier alpha value is -1.88. The normalized spacial score (nSPS) is 14.7. The summed E-state index contributed by atoms with van der Waals surface area (Å²) in [5, 5.41) is 8.56. The minimum absolute atomic E-state index is 0.132. The number of benzene rings is 1. The van der Waals surface area contributed by atoms with E-state index in [4.69, 9.17) is 0 Å². The zero-order valence-corrected chi connectivity index (χ0v) is 10.3. The number of amides is 2. The number of hydrogen-bond acceptors (Lipinski definition) is 3. The molecule has 2 amide bonds. The molecule has 5 nitrogen and oxygen atoms in total. The minimum atomic E-state index is -0.187. The van der Waals surface area contributed by atoms with Crippen LogP contribution in [0.25, 0.3) is 0 Å². The van der Waals surface area contributed by atoms with Crippen LogP contribution in [0, 0.1) is 5.92 Å². The Morgan fingerprint density at radius 1 is 1.28 bits per heavy atom. The van der Waals surface area contributed by atoms with Crippen LogP contribution in [0.1, 0.15) is 20.7 Å². The molecule has 1 fully saturated rings. The van der Waals surface area contributed by atoms with Gasteiger partial charge in [-0.15, -0.1) is 0 Å². The van der Waals surface area contributed by atoms with Crippen LogP contribution in [0.3, 0.4) is 0 Å². The first-order valence-corrected chi connectivity index (χ1v) is 6.02. The average molecular weight is 247 g/mol. The summed E-state index contributed by atoms with van der Waals surface area (Å²) in [6, 6.07) is 6.71. The van der Waals surface area contributed by atoms with Crippen molar-refractivity contribution < 1.29 is 9.59 Å². The summed E-state index contributed by atoms with van der Waals surface area (Å²) in [5.74, 6) is 0.205. The predicted octanol–water partition coefficient (Wildman–Crippen LogP) is -0.00460. The van der Waals surface area contributed by atoms with Gasteiger partial charge in [-0.05, 0) is 18.2 Å². The van der Waals surface area contributed by atoms with Crippen LogP contribution >= 0.6 is 0 Å². The van der Waals surface area contributed by atoms with Crippen LogP contribution in [0.2, 0.25) is 0 Å². The molecule has 0 aliphatic carbocycles. The Labute approximate surface area is 106 Å². The fourth-order valence-electron chi connectivity index (χ4n) is 1.78. The molecule has 0 unspecified atom stereocenters. The molecule has 0 spiro atoms. The Bertz CT molecular complexity index is 455. The van der Waals surface area contributed by atoms with E-state index < -0.39 is 0 Å². The van der Waals surface area contributed by atoms with Crippen molar-refractivity contribution in [1.29, 1.82) is 0 Å². The molecule has 0 aromatic heterocycles. The summed E-state index contributed by atoms with van der Waals surface area (Å²) < 4.78 is 0. The second-order valence-corrected chi connectivity index (χ2v) is 4.39. The van der Waals surface area contributed by atoms with Crippen molar-refractivity contribution >= 4 is 11.8 Å². The highest BCUT2D eigenvalue weighted by atomic mass is 16.2. The topological polar surface area (TPSA) is 70.2 Å². The Morgan fingerprint density at radius 3 is 2.50 bits per heavy atom. The van der Waals surface area contributed by atoms with Crippen LogP contribution in [-0.4, -0.2) is 38.5 Å². The fourth-order valence-corrected chi connectivity index (χ4v) is 1.78. The lowest BCUT2D eigenvalue weighted by Gasteiger charge is -2.27. The molecule has 96 valence electrons. The lowest BCUT2D eigenvalue weighted by Crippen LogP contribution is -2.48. The smallest absolute Gasteiger partial charge is 0.251 e. The van der Waals surface area contributed by atoms with Gasteiger partial charge in [-0.3, -0.25) is 9.59 Å². The molecule has 0 saturated carbocycles. The van der Waals surface area contributed by atoms with Crippen LogP contribution in [0.5, 0.6) is 0 Å². The molecule has 1 saturated heterocycles. The monoisotopic (exact) mass is 247 g/mol. The quantitative estimate of drug-likeness (QED) is 0.701. The standard InChI is InChI=1S/C13H17N3O2/c1-14-12(17)10-3-2-4-11(5-10)13(18)16-8-9-6-15-7-9/h2-5,9,15H,6-8H2,1H3,(H,14,17)(H,16,18). The van der Waals surface area contributed by atoms with Crippen molar-refractivity contribution in [3.63, 3.8) is 0 Å². The van der Waals surface area contributed by atoms with Gasteiger partial charge in [0.15, 0.2) is 0 Å². The maximum absolute atomic E-state index is 11.9. The molecule has 1 aromatic rings. The average Bonchev–Trinajstić information content (AvgIpc) is 2.36. The van der Waals surface area contributed by atoms with E-state index in [0.29, 0.717) is 23.6 Å². The van der Waals surface area contributed by atoms with Crippen molar-refractivity contribution in [2.75, 3.05) is 26.7 Å². The maximum Gasteiger partial charge on any atom is 0.251 e. The van der Waals surface area contributed by atoms with Crippen molar-refractivity contribution in [1.82, 2.24) is 16.0 Å². The molecular formula is C13H17N3O2. The number of carbonyl (C=O) groups excluding carboxylic acids is 2. The van der Waals surface area contributed by atoms with E-state index in [0.717, 1.165) is 13.1 Å². The summed E-state index contributed by atoms with van der Waals surface area (Å²) in [6.07, 6.45) is 0. The predicted molar refractivity (Wildman–Crippen MR) is 68.5 cm³/mol. The number of nitrogens with one attached hydrogen (secondary N) is 3. The van der Waals surface area contributed by atoms with Crippen LogP contribution in [0.4, 0.5) is 0 Å². The number of hydrogen-bond donors (Lipinski definition) is 3. The third-order valence-electron chi connectivity index (χ3n) is 3.03. The molecule has 1 heterocycles. The maximum atomic E-state index is 11.9. The van der Waals surface area contributed by atoms with E-state index >= 15 is 0 Å². The van der Waals surface area contributed by atoms with Gasteiger partial charge in [-0.25, -0.2) is 0 Å². The van der Waals surface area contributed by atoms with Gasteiger partial charge >= 0.3 is 0 Å². The second kappa shape index (κ2) is 5.64. The fraction of sp³-hybridized carbons (Fsp3) is 0.385. The van der Waals surface area contributed by atoms with Gasteiger partial charge in [-0.1, -0.05) is 6.07 Å². The molecule has 3 N–H and O–H groups in total. The molecule has 1 aliphatic heterocycles. The van der Waals surface area contributed by atoms with E-state index in [1.54, 1.807) is 31.3 Å². The summed E-state index contributed by atoms with van der Waals surface area (Å²) in [6.45, 7) is 2.59. The zero-order valence-electron chi connectivity index (χ0n) is 10.3. The molecule has 5 heteroatoms. The first-order valence-electron chi connectivity index (χ1n) is 6.02. The van der Waals surface area contributed by atoms with Crippen molar-refractivity contribution in [3.8, 4) is 0 Å².